The van der Waals surface area contributed by atoms with Crippen molar-refractivity contribution in [2.45, 2.75) is 6.54 Å². The van der Waals surface area contributed by atoms with Crippen molar-refractivity contribution >= 4 is 16.9 Å². The summed E-state index contributed by atoms with van der Waals surface area (Å²) in [6, 6.07) is 10.5. The van der Waals surface area contributed by atoms with Gasteiger partial charge in [-0.1, -0.05) is 24.3 Å². The van der Waals surface area contributed by atoms with Crippen LogP contribution in [0.2, 0.25) is 0 Å². The van der Waals surface area contributed by atoms with Crippen LogP contribution in [0.1, 0.15) is 5.56 Å². The molecule has 0 saturated carbocycles. The molecule has 5 heteroatoms. The lowest BCUT2D eigenvalue weighted by molar-refractivity contribution is 0.402. The Bertz CT molecular complexity index is 728. The van der Waals surface area contributed by atoms with Crippen LogP contribution >= 0.6 is 0 Å². The maximum absolute atomic E-state index is 5.85. The number of anilines is 1. The summed E-state index contributed by atoms with van der Waals surface area (Å²) in [7, 11) is 4.13. The molecule has 0 aliphatic carbocycles. The molecule has 0 unspecified atom stereocenters. The van der Waals surface area contributed by atoms with Crippen LogP contribution in [-0.4, -0.2) is 33.9 Å². The maximum atomic E-state index is 5.85. The Morgan fingerprint density at radius 2 is 1.90 bits per heavy atom. The number of nitrogens with two attached hydrogens (primary N) is 1. The molecule has 102 valence electrons. The summed E-state index contributed by atoms with van der Waals surface area (Å²) in [5.41, 5.74) is 10.0. The summed E-state index contributed by atoms with van der Waals surface area (Å²) in [4.78, 5) is 13.6. The van der Waals surface area contributed by atoms with Gasteiger partial charge in [0, 0.05) is 12.2 Å². The normalized spacial score (nSPS) is 11.3. The second-order valence-corrected chi connectivity index (χ2v) is 5.14. The standard InChI is InChI=1S/C15H17N5/c1-20(2)8-10-3-5-11(6-4-10)13-7-12-14(16)17-9-18-15(12)19-13/h3-7,9H,8H2,1-2H3,(H3,16,17,18,19). The fourth-order valence-corrected chi connectivity index (χ4v) is 2.27. The lowest BCUT2D eigenvalue weighted by Gasteiger charge is -2.09. The highest BCUT2D eigenvalue weighted by molar-refractivity contribution is 5.90. The number of hydrogen-bond acceptors (Lipinski definition) is 4. The minimum Gasteiger partial charge on any atom is -0.383 e. The maximum Gasteiger partial charge on any atom is 0.143 e. The van der Waals surface area contributed by atoms with Gasteiger partial charge in [0.25, 0.3) is 0 Å². The van der Waals surface area contributed by atoms with E-state index in [-0.39, 0.29) is 0 Å². The van der Waals surface area contributed by atoms with Gasteiger partial charge in [-0.15, -0.1) is 0 Å². The largest absolute Gasteiger partial charge is 0.383 e. The second kappa shape index (κ2) is 4.94. The molecule has 0 atom stereocenters. The van der Waals surface area contributed by atoms with Crippen molar-refractivity contribution in [3.8, 4) is 11.3 Å². The van der Waals surface area contributed by atoms with Crippen LogP contribution in [0.4, 0.5) is 5.82 Å². The molecular formula is C15H17N5. The number of nitrogens with one attached hydrogen (secondary N) is 1. The molecule has 0 bridgehead atoms. The SMILES string of the molecule is CN(C)Cc1ccc(-c2cc3c(N)ncnc3[nH]2)cc1. The Labute approximate surface area is 117 Å². The highest BCUT2D eigenvalue weighted by Crippen LogP contribution is 2.25. The lowest BCUT2D eigenvalue weighted by Crippen LogP contribution is -2.10. The molecule has 0 spiro atoms. The van der Waals surface area contributed by atoms with Gasteiger partial charge >= 0.3 is 0 Å². The van der Waals surface area contributed by atoms with Gasteiger partial charge in [0.15, 0.2) is 0 Å². The number of aromatic amines is 1. The zero-order valence-corrected chi connectivity index (χ0v) is 11.6. The first-order chi connectivity index (χ1) is 9.63. The number of fused-ring (bicyclic) bond motifs is 1. The highest BCUT2D eigenvalue weighted by atomic mass is 15.0. The third-order valence-electron chi connectivity index (χ3n) is 3.22. The summed E-state index contributed by atoms with van der Waals surface area (Å²) >= 11 is 0. The fraction of sp³-hybridized carbons (Fsp3) is 0.200. The minimum atomic E-state index is 0.502. The predicted molar refractivity (Wildman–Crippen MR) is 81.1 cm³/mol. The van der Waals surface area contributed by atoms with Gasteiger partial charge in [-0.25, -0.2) is 9.97 Å². The van der Waals surface area contributed by atoms with Gasteiger partial charge in [0.2, 0.25) is 0 Å². The predicted octanol–water partition coefficient (Wildman–Crippen LogP) is 2.27. The first kappa shape index (κ1) is 12.6. The number of rotatable bonds is 3. The number of nitrogen functional groups attached to an aromatic ring is 1. The van der Waals surface area contributed by atoms with E-state index >= 15 is 0 Å². The van der Waals surface area contributed by atoms with Crippen molar-refractivity contribution in [1.82, 2.24) is 19.9 Å². The van der Waals surface area contributed by atoms with E-state index < -0.39 is 0 Å². The van der Waals surface area contributed by atoms with E-state index in [1.54, 1.807) is 0 Å². The van der Waals surface area contributed by atoms with Crippen molar-refractivity contribution in [2.75, 3.05) is 19.8 Å². The number of benzene rings is 1. The average Bonchev–Trinajstić information content (AvgIpc) is 2.84. The Morgan fingerprint density at radius 1 is 1.15 bits per heavy atom. The van der Waals surface area contributed by atoms with Crippen molar-refractivity contribution in [3.05, 3.63) is 42.2 Å². The topological polar surface area (TPSA) is 70.8 Å². The quantitative estimate of drug-likeness (QED) is 0.763. The van der Waals surface area contributed by atoms with E-state index in [0.29, 0.717) is 5.82 Å². The van der Waals surface area contributed by atoms with E-state index in [1.165, 1.54) is 11.9 Å². The molecule has 3 N–H and O–H groups in total. The molecule has 2 heterocycles. The summed E-state index contributed by atoms with van der Waals surface area (Å²) in [5.74, 6) is 0.502. The second-order valence-electron chi connectivity index (χ2n) is 5.14. The van der Waals surface area contributed by atoms with E-state index in [1.807, 2.05) is 6.07 Å². The van der Waals surface area contributed by atoms with E-state index in [9.17, 15) is 0 Å². The van der Waals surface area contributed by atoms with Gasteiger partial charge in [-0.3, -0.25) is 0 Å². The smallest absolute Gasteiger partial charge is 0.143 e. The van der Waals surface area contributed by atoms with Gasteiger partial charge < -0.3 is 15.6 Å². The van der Waals surface area contributed by atoms with Gasteiger partial charge in [0.05, 0.1) is 5.39 Å². The van der Waals surface area contributed by atoms with Crippen LogP contribution in [0.3, 0.4) is 0 Å². The molecule has 5 nitrogen and oxygen atoms in total. The van der Waals surface area contributed by atoms with Crippen molar-refractivity contribution in [3.63, 3.8) is 0 Å². The van der Waals surface area contributed by atoms with Crippen molar-refractivity contribution < 1.29 is 0 Å². The van der Waals surface area contributed by atoms with Gasteiger partial charge in [-0.05, 0) is 31.3 Å². The van der Waals surface area contributed by atoms with Crippen molar-refractivity contribution in [1.29, 1.82) is 0 Å². The molecule has 2 aromatic heterocycles. The molecule has 0 aliphatic heterocycles. The Hall–Kier alpha value is -2.40. The molecule has 20 heavy (non-hydrogen) atoms. The van der Waals surface area contributed by atoms with E-state index in [4.69, 9.17) is 5.73 Å². The summed E-state index contributed by atoms with van der Waals surface area (Å²) < 4.78 is 0. The molecule has 1 aromatic carbocycles. The molecule has 0 fully saturated rings. The average molecular weight is 267 g/mol. The molecule has 0 amide bonds. The molecule has 0 saturated heterocycles. The van der Waals surface area contributed by atoms with E-state index in [2.05, 4.69) is 58.2 Å². The fourth-order valence-electron chi connectivity index (χ4n) is 2.27. The molecule has 0 aliphatic rings. The van der Waals surface area contributed by atoms with E-state index in [0.717, 1.165) is 28.8 Å². The first-order valence-electron chi connectivity index (χ1n) is 6.47. The zero-order valence-electron chi connectivity index (χ0n) is 11.6. The summed E-state index contributed by atoms with van der Waals surface area (Å²) in [6.07, 6.45) is 1.47. The number of aromatic nitrogens is 3. The Morgan fingerprint density at radius 3 is 2.55 bits per heavy atom. The van der Waals surface area contributed by atoms with Crippen LogP contribution in [-0.2, 0) is 6.54 Å². The zero-order chi connectivity index (χ0) is 14.1. The van der Waals surface area contributed by atoms with Crippen LogP contribution < -0.4 is 5.73 Å². The Balaban J connectivity index is 1.96. The molecule has 0 radical (unpaired) electrons. The highest BCUT2D eigenvalue weighted by Gasteiger charge is 2.07. The van der Waals surface area contributed by atoms with Crippen LogP contribution in [0.15, 0.2) is 36.7 Å². The third kappa shape index (κ3) is 2.35. The molecule has 3 rings (SSSR count). The van der Waals surface area contributed by atoms with Gasteiger partial charge in [0.1, 0.15) is 17.8 Å². The molecule has 3 aromatic rings. The number of H-pyrrole nitrogens is 1. The monoisotopic (exact) mass is 267 g/mol. The molecular weight excluding hydrogens is 250 g/mol. The van der Waals surface area contributed by atoms with Crippen molar-refractivity contribution in [2.24, 2.45) is 0 Å². The van der Waals surface area contributed by atoms with Crippen LogP contribution in [0, 0.1) is 0 Å². The van der Waals surface area contributed by atoms with Gasteiger partial charge in [-0.2, -0.15) is 0 Å². The third-order valence-corrected chi connectivity index (χ3v) is 3.22. The summed E-state index contributed by atoms with van der Waals surface area (Å²) in [6.45, 7) is 0.936. The number of nitrogens with zero attached hydrogens (tertiary/aromatic N) is 3. The minimum absolute atomic E-state index is 0.502. The van der Waals surface area contributed by atoms with Crippen LogP contribution in [0.5, 0.6) is 0 Å². The Kier molecular flexibility index (Phi) is 3.12. The number of hydrogen-bond donors (Lipinski definition) is 2. The lowest BCUT2D eigenvalue weighted by atomic mass is 10.1. The summed E-state index contributed by atoms with van der Waals surface area (Å²) in [5, 5.41) is 0.861. The van der Waals surface area contributed by atoms with Crippen LogP contribution in [0.25, 0.3) is 22.3 Å². The first-order valence-corrected chi connectivity index (χ1v) is 6.47.